The summed E-state index contributed by atoms with van der Waals surface area (Å²) >= 11 is 6.11. The zero-order valence-corrected chi connectivity index (χ0v) is 16.1. The molecule has 0 bridgehead atoms. The van der Waals surface area contributed by atoms with Gasteiger partial charge in [0.25, 0.3) is 5.91 Å². The third-order valence-electron chi connectivity index (χ3n) is 4.37. The maximum absolute atomic E-state index is 12.8. The van der Waals surface area contributed by atoms with Gasteiger partial charge in [-0.2, -0.15) is 9.57 Å². The van der Waals surface area contributed by atoms with Crippen molar-refractivity contribution < 1.29 is 13.2 Å². The molecule has 1 aliphatic heterocycles. The van der Waals surface area contributed by atoms with Crippen LogP contribution >= 0.6 is 11.6 Å². The first kappa shape index (κ1) is 19.4. The maximum atomic E-state index is 12.8. The Balaban J connectivity index is 1.82. The number of nitrogens with one attached hydrogen (secondary N) is 1. The molecule has 140 valence electrons. The Morgan fingerprint density at radius 2 is 1.81 bits per heavy atom. The lowest BCUT2D eigenvalue weighted by atomic mass is 10.1. The molecule has 0 aliphatic carbocycles. The fourth-order valence-electron chi connectivity index (χ4n) is 2.91. The molecule has 1 fully saturated rings. The third-order valence-corrected chi connectivity index (χ3v) is 6.75. The first-order valence-electron chi connectivity index (χ1n) is 8.49. The smallest absolute Gasteiger partial charge is 0.255 e. The Morgan fingerprint density at radius 3 is 2.44 bits per heavy atom. The van der Waals surface area contributed by atoms with Crippen molar-refractivity contribution in [3.05, 3.63) is 58.6 Å². The van der Waals surface area contributed by atoms with E-state index in [2.05, 4.69) is 11.4 Å². The number of anilines is 1. The second-order valence-electron chi connectivity index (χ2n) is 6.24. The van der Waals surface area contributed by atoms with E-state index in [0.717, 1.165) is 18.4 Å². The standard InChI is InChI=1S/C19H18ClN3O3S/c20-17-8-5-15(13-18(17)27(25,26)23-11-1-2-12-23)19(24)22-16-6-3-14(4-7-16)9-10-21/h3-8,13H,1-2,9,11-12H2,(H,22,24). The molecule has 0 atom stereocenters. The van der Waals surface area contributed by atoms with E-state index < -0.39 is 15.9 Å². The summed E-state index contributed by atoms with van der Waals surface area (Å²) in [6.07, 6.45) is 1.93. The van der Waals surface area contributed by atoms with Gasteiger partial charge in [-0.15, -0.1) is 0 Å². The van der Waals surface area contributed by atoms with Gasteiger partial charge in [0, 0.05) is 24.3 Å². The molecule has 0 unspecified atom stereocenters. The molecule has 8 heteroatoms. The van der Waals surface area contributed by atoms with E-state index in [1.807, 2.05) is 0 Å². The predicted octanol–water partition coefficient (Wildman–Crippen LogP) is 3.44. The zero-order valence-electron chi connectivity index (χ0n) is 14.5. The fourth-order valence-corrected chi connectivity index (χ4v) is 4.93. The van der Waals surface area contributed by atoms with Crippen LogP contribution < -0.4 is 5.32 Å². The van der Waals surface area contributed by atoms with Gasteiger partial charge < -0.3 is 5.32 Å². The highest BCUT2D eigenvalue weighted by Gasteiger charge is 2.29. The second-order valence-corrected chi connectivity index (χ2v) is 8.56. The number of amides is 1. The van der Waals surface area contributed by atoms with Gasteiger partial charge in [0.2, 0.25) is 10.0 Å². The van der Waals surface area contributed by atoms with E-state index in [4.69, 9.17) is 16.9 Å². The first-order chi connectivity index (χ1) is 12.9. The normalized spacial score (nSPS) is 14.7. The topological polar surface area (TPSA) is 90.3 Å². The van der Waals surface area contributed by atoms with Gasteiger partial charge in [0.05, 0.1) is 17.5 Å². The fraction of sp³-hybridized carbons (Fsp3) is 0.263. The van der Waals surface area contributed by atoms with Crippen LogP contribution in [0.3, 0.4) is 0 Å². The van der Waals surface area contributed by atoms with Crippen molar-refractivity contribution in [2.45, 2.75) is 24.2 Å². The molecule has 1 aliphatic rings. The van der Waals surface area contributed by atoms with E-state index >= 15 is 0 Å². The van der Waals surface area contributed by atoms with Crippen molar-refractivity contribution in [3.8, 4) is 6.07 Å². The quantitative estimate of drug-likeness (QED) is 0.827. The summed E-state index contributed by atoms with van der Waals surface area (Å²) in [5.74, 6) is -0.433. The Bertz CT molecular complexity index is 992. The molecule has 0 spiro atoms. The molecule has 1 amide bonds. The lowest BCUT2D eigenvalue weighted by Gasteiger charge is -2.17. The van der Waals surface area contributed by atoms with Crippen molar-refractivity contribution in [3.63, 3.8) is 0 Å². The van der Waals surface area contributed by atoms with Crippen LogP contribution in [-0.4, -0.2) is 31.7 Å². The van der Waals surface area contributed by atoms with Crippen LogP contribution in [-0.2, 0) is 16.4 Å². The van der Waals surface area contributed by atoms with Crippen LogP contribution in [0, 0.1) is 11.3 Å². The van der Waals surface area contributed by atoms with E-state index in [-0.39, 0.29) is 15.5 Å². The average Bonchev–Trinajstić information content (AvgIpc) is 3.19. The number of nitrogens with zero attached hydrogens (tertiary/aromatic N) is 2. The average molecular weight is 404 g/mol. The summed E-state index contributed by atoms with van der Waals surface area (Å²) in [5.41, 5.74) is 1.61. The Morgan fingerprint density at radius 1 is 1.15 bits per heavy atom. The van der Waals surface area contributed by atoms with Crippen molar-refractivity contribution >= 4 is 33.2 Å². The van der Waals surface area contributed by atoms with Crippen molar-refractivity contribution in [2.24, 2.45) is 0 Å². The molecule has 0 aromatic heterocycles. The molecule has 2 aromatic carbocycles. The minimum absolute atomic E-state index is 0.0527. The number of nitriles is 1. The summed E-state index contributed by atoms with van der Waals surface area (Å²) in [4.78, 5) is 12.5. The van der Waals surface area contributed by atoms with Crippen LogP contribution in [0.5, 0.6) is 0 Å². The third kappa shape index (κ3) is 4.30. The molecule has 1 N–H and O–H groups in total. The van der Waals surface area contributed by atoms with Crippen molar-refractivity contribution in [2.75, 3.05) is 18.4 Å². The number of carbonyl (C=O) groups is 1. The lowest BCUT2D eigenvalue weighted by Crippen LogP contribution is -2.28. The maximum Gasteiger partial charge on any atom is 0.255 e. The monoisotopic (exact) mass is 403 g/mol. The number of sulfonamides is 1. The summed E-state index contributed by atoms with van der Waals surface area (Å²) in [6.45, 7) is 0.925. The van der Waals surface area contributed by atoms with Gasteiger partial charge in [-0.05, 0) is 48.7 Å². The molecule has 2 aromatic rings. The van der Waals surface area contributed by atoms with Crippen molar-refractivity contribution in [1.29, 1.82) is 5.26 Å². The Hall–Kier alpha value is -2.40. The van der Waals surface area contributed by atoms with Crippen LogP contribution in [0.2, 0.25) is 5.02 Å². The molecular weight excluding hydrogens is 386 g/mol. The number of carbonyl (C=O) groups excluding carboxylic acids is 1. The SMILES string of the molecule is N#CCc1ccc(NC(=O)c2ccc(Cl)c(S(=O)(=O)N3CCCC3)c2)cc1. The molecule has 1 heterocycles. The largest absolute Gasteiger partial charge is 0.322 e. The molecule has 0 saturated carbocycles. The van der Waals surface area contributed by atoms with Crippen LogP contribution in [0.15, 0.2) is 47.4 Å². The number of rotatable bonds is 5. The summed E-state index contributed by atoms with van der Waals surface area (Å²) in [7, 11) is -3.72. The molecule has 27 heavy (non-hydrogen) atoms. The van der Waals surface area contributed by atoms with Gasteiger partial charge in [-0.3, -0.25) is 4.79 Å². The highest BCUT2D eigenvalue weighted by atomic mass is 35.5. The minimum Gasteiger partial charge on any atom is -0.322 e. The molecule has 3 rings (SSSR count). The molecule has 1 saturated heterocycles. The van der Waals surface area contributed by atoms with E-state index in [1.165, 1.54) is 22.5 Å². The van der Waals surface area contributed by atoms with Crippen LogP contribution in [0.25, 0.3) is 0 Å². The predicted molar refractivity (Wildman–Crippen MR) is 103 cm³/mol. The van der Waals surface area contributed by atoms with Crippen molar-refractivity contribution in [1.82, 2.24) is 4.31 Å². The summed E-state index contributed by atoms with van der Waals surface area (Å²) in [5, 5.41) is 11.5. The summed E-state index contributed by atoms with van der Waals surface area (Å²) in [6, 6.07) is 13.2. The van der Waals surface area contributed by atoms with E-state index in [9.17, 15) is 13.2 Å². The van der Waals surface area contributed by atoms with Gasteiger partial charge in [0.15, 0.2) is 0 Å². The minimum atomic E-state index is -3.72. The van der Waals surface area contributed by atoms with E-state index in [1.54, 1.807) is 24.3 Å². The second kappa shape index (κ2) is 8.09. The molecule has 6 nitrogen and oxygen atoms in total. The highest BCUT2D eigenvalue weighted by molar-refractivity contribution is 7.89. The molecular formula is C19H18ClN3O3S. The number of hydrogen-bond donors (Lipinski definition) is 1. The Kier molecular flexibility index (Phi) is 5.80. The summed E-state index contributed by atoms with van der Waals surface area (Å²) < 4.78 is 26.9. The Labute approximate surface area is 163 Å². The first-order valence-corrected chi connectivity index (χ1v) is 10.3. The van der Waals surface area contributed by atoms with Gasteiger partial charge in [-0.25, -0.2) is 8.42 Å². The van der Waals surface area contributed by atoms with Gasteiger partial charge in [0.1, 0.15) is 4.90 Å². The number of hydrogen-bond acceptors (Lipinski definition) is 4. The zero-order chi connectivity index (χ0) is 19.4. The number of halogens is 1. The highest BCUT2D eigenvalue weighted by Crippen LogP contribution is 2.28. The van der Waals surface area contributed by atoms with E-state index in [0.29, 0.717) is 25.2 Å². The lowest BCUT2D eigenvalue weighted by molar-refractivity contribution is 0.102. The van der Waals surface area contributed by atoms with Crippen LogP contribution in [0.1, 0.15) is 28.8 Å². The van der Waals surface area contributed by atoms with Gasteiger partial charge >= 0.3 is 0 Å². The van der Waals surface area contributed by atoms with Crippen LogP contribution in [0.4, 0.5) is 5.69 Å². The number of benzene rings is 2. The molecule has 0 radical (unpaired) electrons. The van der Waals surface area contributed by atoms with Gasteiger partial charge in [-0.1, -0.05) is 23.7 Å².